The van der Waals surface area contributed by atoms with Crippen molar-refractivity contribution in [3.8, 4) is 16.9 Å². The van der Waals surface area contributed by atoms with Gasteiger partial charge in [-0.25, -0.2) is 0 Å². The molecule has 0 saturated heterocycles. The topological polar surface area (TPSA) is 39.2 Å². The molecule has 27 heavy (non-hydrogen) atoms. The predicted octanol–water partition coefficient (Wildman–Crippen LogP) is 6.81. The summed E-state index contributed by atoms with van der Waals surface area (Å²) in [5, 5.41) is 3.22. The third-order valence-corrected chi connectivity index (χ3v) is 5.76. The minimum atomic E-state index is -0.0158. The molecular formula is C23H27NO2S. The molecule has 0 radical (unpaired) electrons. The van der Waals surface area contributed by atoms with Gasteiger partial charge in [0.2, 0.25) is 0 Å². The number of fused-ring (bicyclic) bond motifs is 1. The molecule has 142 valence electrons. The van der Waals surface area contributed by atoms with Crippen molar-refractivity contribution in [1.29, 1.82) is 0 Å². The van der Waals surface area contributed by atoms with Crippen molar-refractivity contribution in [2.45, 2.75) is 53.4 Å². The molecule has 0 aliphatic carbocycles. The van der Waals surface area contributed by atoms with Crippen molar-refractivity contribution in [3.63, 3.8) is 0 Å². The molecule has 0 atom stereocenters. The number of nitrogens with zero attached hydrogens (tertiary/aromatic N) is 1. The van der Waals surface area contributed by atoms with Crippen LogP contribution in [0.2, 0.25) is 0 Å². The van der Waals surface area contributed by atoms with Crippen LogP contribution in [0.5, 0.6) is 5.75 Å². The van der Waals surface area contributed by atoms with Crippen molar-refractivity contribution >= 4 is 27.2 Å². The first-order valence-electron chi connectivity index (χ1n) is 9.52. The van der Waals surface area contributed by atoms with Crippen LogP contribution in [0.25, 0.3) is 21.2 Å². The molecule has 0 aliphatic rings. The summed E-state index contributed by atoms with van der Waals surface area (Å²) in [5.41, 5.74) is 5.27. The summed E-state index contributed by atoms with van der Waals surface area (Å²) in [6, 6.07) is 6.44. The zero-order chi connectivity index (χ0) is 19.7. The highest BCUT2D eigenvalue weighted by Gasteiger charge is 2.20. The summed E-state index contributed by atoms with van der Waals surface area (Å²) >= 11 is 1.66. The smallest absolute Gasteiger partial charge is 0.178 e. The van der Waals surface area contributed by atoms with E-state index in [9.17, 15) is 4.79 Å². The molecular weight excluding hydrogens is 354 g/mol. The highest BCUT2D eigenvalue weighted by molar-refractivity contribution is 7.17. The molecule has 1 aromatic carbocycles. The fourth-order valence-electron chi connectivity index (χ4n) is 3.28. The van der Waals surface area contributed by atoms with E-state index in [2.05, 4.69) is 50.2 Å². The number of Topliss-reactive ketones (excluding diaryl/α,β-unsaturated/α-hetero) is 1. The van der Waals surface area contributed by atoms with E-state index in [0.29, 0.717) is 24.1 Å². The number of benzene rings is 1. The number of ether oxygens (including phenoxy) is 1. The molecule has 3 aromatic rings. The van der Waals surface area contributed by atoms with E-state index >= 15 is 0 Å². The largest absolute Gasteiger partial charge is 0.493 e. The number of carbonyl (C=O) groups is 1. The molecule has 0 fully saturated rings. The number of pyridine rings is 1. The summed E-state index contributed by atoms with van der Waals surface area (Å²) < 4.78 is 7.22. The average Bonchev–Trinajstić information content (AvgIpc) is 3.04. The van der Waals surface area contributed by atoms with E-state index in [-0.39, 0.29) is 5.78 Å². The van der Waals surface area contributed by atoms with Gasteiger partial charge in [0.25, 0.3) is 0 Å². The van der Waals surface area contributed by atoms with E-state index in [1.165, 1.54) is 11.1 Å². The van der Waals surface area contributed by atoms with E-state index in [1.54, 1.807) is 24.5 Å². The van der Waals surface area contributed by atoms with Gasteiger partial charge in [-0.3, -0.25) is 9.78 Å². The first kappa shape index (κ1) is 19.6. The summed E-state index contributed by atoms with van der Waals surface area (Å²) in [5.74, 6) is 1.73. The van der Waals surface area contributed by atoms with Crippen molar-refractivity contribution in [2.24, 2.45) is 0 Å². The van der Waals surface area contributed by atoms with Crippen LogP contribution in [0.1, 0.15) is 75.0 Å². The van der Waals surface area contributed by atoms with Gasteiger partial charge in [0.05, 0.1) is 11.3 Å². The number of thiophene rings is 1. The van der Waals surface area contributed by atoms with Gasteiger partial charge in [-0.1, -0.05) is 33.8 Å². The molecule has 0 saturated carbocycles. The number of hydrogen-bond donors (Lipinski definition) is 0. The fourth-order valence-corrected chi connectivity index (χ4v) is 4.18. The number of ketones is 1. The van der Waals surface area contributed by atoms with Gasteiger partial charge in [0.15, 0.2) is 5.78 Å². The maximum absolute atomic E-state index is 11.8. The molecule has 3 nitrogen and oxygen atoms in total. The zero-order valence-electron chi connectivity index (χ0n) is 16.9. The Morgan fingerprint density at radius 2 is 1.85 bits per heavy atom. The van der Waals surface area contributed by atoms with Crippen LogP contribution in [-0.4, -0.2) is 17.4 Å². The molecule has 2 heterocycles. The number of aromatic nitrogens is 1. The third-order valence-electron chi connectivity index (χ3n) is 4.83. The van der Waals surface area contributed by atoms with Gasteiger partial charge in [-0.15, -0.1) is 11.3 Å². The Morgan fingerprint density at radius 3 is 2.44 bits per heavy atom. The molecule has 2 aromatic heterocycles. The molecule has 3 rings (SSSR count). The Labute approximate surface area is 165 Å². The van der Waals surface area contributed by atoms with Crippen LogP contribution in [0.15, 0.2) is 29.8 Å². The Morgan fingerprint density at radius 1 is 1.11 bits per heavy atom. The Hall–Kier alpha value is -2.20. The molecule has 0 amide bonds. The van der Waals surface area contributed by atoms with Crippen LogP contribution in [0, 0.1) is 0 Å². The SMILES string of the molecule is CCOc1c(-c2csc3cnc(C(C)=O)cc23)cc(C(C)C)cc1C(C)C. The van der Waals surface area contributed by atoms with Gasteiger partial charge in [-0.2, -0.15) is 0 Å². The minimum Gasteiger partial charge on any atom is -0.493 e. The summed E-state index contributed by atoms with van der Waals surface area (Å²) in [4.78, 5) is 16.1. The van der Waals surface area contributed by atoms with E-state index in [0.717, 1.165) is 27.0 Å². The lowest BCUT2D eigenvalue weighted by atomic mass is 9.89. The molecule has 0 N–H and O–H groups in total. The lowest BCUT2D eigenvalue weighted by Crippen LogP contribution is -2.03. The van der Waals surface area contributed by atoms with Crippen LogP contribution in [0.4, 0.5) is 0 Å². The highest BCUT2D eigenvalue weighted by Crippen LogP contribution is 2.44. The van der Waals surface area contributed by atoms with Crippen molar-refractivity contribution in [3.05, 3.63) is 46.6 Å². The lowest BCUT2D eigenvalue weighted by molar-refractivity contribution is 0.101. The summed E-state index contributed by atoms with van der Waals surface area (Å²) in [6.07, 6.45) is 1.80. The maximum Gasteiger partial charge on any atom is 0.178 e. The summed E-state index contributed by atoms with van der Waals surface area (Å²) in [6.45, 7) is 13.0. The monoisotopic (exact) mass is 381 g/mol. The van der Waals surface area contributed by atoms with Crippen molar-refractivity contribution in [1.82, 2.24) is 4.98 Å². The number of hydrogen-bond acceptors (Lipinski definition) is 4. The summed E-state index contributed by atoms with van der Waals surface area (Å²) in [7, 11) is 0. The van der Waals surface area contributed by atoms with E-state index < -0.39 is 0 Å². The average molecular weight is 382 g/mol. The van der Waals surface area contributed by atoms with Crippen LogP contribution in [0.3, 0.4) is 0 Å². The van der Waals surface area contributed by atoms with E-state index in [4.69, 9.17) is 4.74 Å². The Balaban J connectivity index is 2.33. The van der Waals surface area contributed by atoms with Crippen molar-refractivity contribution < 1.29 is 9.53 Å². The van der Waals surface area contributed by atoms with Gasteiger partial charge >= 0.3 is 0 Å². The fraction of sp³-hybridized carbons (Fsp3) is 0.391. The Kier molecular flexibility index (Phi) is 5.66. The van der Waals surface area contributed by atoms with Crippen LogP contribution >= 0.6 is 11.3 Å². The maximum atomic E-state index is 11.8. The lowest BCUT2D eigenvalue weighted by Gasteiger charge is -2.20. The third kappa shape index (κ3) is 3.77. The van der Waals surface area contributed by atoms with Crippen LogP contribution in [-0.2, 0) is 0 Å². The van der Waals surface area contributed by atoms with Gasteiger partial charge < -0.3 is 4.74 Å². The Bertz CT molecular complexity index is 985. The quantitative estimate of drug-likeness (QED) is 0.440. The molecule has 4 heteroatoms. The molecule has 0 aliphatic heterocycles. The first-order chi connectivity index (χ1) is 12.8. The standard InChI is InChI=1S/C23H27NO2S/c1-7-26-23-17(14(4)5)8-16(13(2)3)9-19(23)20-12-27-22-11-24-21(15(6)25)10-18(20)22/h8-14H,7H2,1-6H3. The number of carbonyl (C=O) groups excluding carboxylic acids is 1. The van der Waals surface area contributed by atoms with Gasteiger partial charge in [0, 0.05) is 29.6 Å². The van der Waals surface area contributed by atoms with Crippen LogP contribution < -0.4 is 4.74 Å². The van der Waals surface area contributed by atoms with Crippen molar-refractivity contribution in [2.75, 3.05) is 6.61 Å². The molecule has 0 unspecified atom stereocenters. The second-order valence-corrected chi connectivity index (χ2v) is 8.41. The van der Waals surface area contributed by atoms with E-state index in [1.807, 2.05) is 13.0 Å². The zero-order valence-corrected chi connectivity index (χ0v) is 17.7. The highest BCUT2D eigenvalue weighted by atomic mass is 32.1. The number of rotatable bonds is 6. The minimum absolute atomic E-state index is 0.0158. The molecule has 0 spiro atoms. The van der Waals surface area contributed by atoms with Gasteiger partial charge in [-0.05, 0) is 47.4 Å². The first-order valence-corrected chi connectivity index (χ1v) is 10.4. The predicted molar refractivity (Wildman–Crippen MR) is 114 cm³/mol. The normalized spacial score (nSPS) is 11.6. The van der Waals surface area contributed by atoms with Gasteiger partial charge in [0.1, 0.15) is 11.4 Å². The second kappa shape index (κ2) is 7.81. The molecule has 0 bridgehead atoms. The second-order valence-electron chi connectivity index (χ2n) is 7.50.